The van der Waals surface area contributed by atoms with Gasteiger partial charge in [0.05, 0.1) is 20.1 Å². The molecule has 124 valence electrons. The van der Waals surface area contributed by atoms with Crippen LogP contribution in [-0.2, 0) is 19.1 Å². The number of ether oxygens (including phenoxy) is 1. The van der Waals surface area contributed by atoms with Crippen molar-refractivity contribution in [2.75, 3.05) is 32.1 Å². The Morgan fingerprint density at radius 1 is 1.35 bits per heavy atom. The van der Waals surface area contributed by atoms with Gasteiger partial charge in [0.2, 0.25) is 11.8 Å². The maximum atomic E-state index is 12.2. The van der Waals surface area contributed by atoms with Crippen molar-refractivity contribution in [1.29, 1.82) is 0 Å². The highest BCUT2D eigenvalue weighted by atomic mass is 16.5. The van der Waals surface area contributed by atoms with Crippen LogP contribution in [0.2, 0.25) is 0 Å². The van der Waals surface area contributed by atoms with E-state index in [1.165, 1.54) is 7.11 Å². The lowest BCUT2D eigenvalue weighted by Gasteiger charge is -2.33. The van der Waals surface area contributed by atoms with Crippen LogP contribution in [-0.4, -0.2) is 55.5 Å². The summed E-state index contributed by atoms with van der Waals surface area (Å²) in [6, 6.07) is 6.78. The minimum atomic E-state index is -0.681. The fourth-order valence-corrected chi connectivity index (χ4v) is 2.44. The number of hydrogen-bond acceptors (Lipinski definition) is 5. The maximum absolute atomic E-state index is 12.2. The van der Waals surface area contributed by atoms with Gasteiger partial charge in [-0.05, 0) is 19.1 Å². The molecule has 1 heterocycles. The minimum absolute atomic E-state index is 0.0446. The van der Waals surface area contributed by atoms with Crippen LogP contribution in [0.3, 0.4) is 0 Å². The summed E-state index contributed by atoms with van der Waals surface area (Å²) in [5, 5.41) is 5.49. The summed E-state index contributed by atoms with van der Waals surface area (Å²) >= 11 is 0. The Balaban J connectivity index is 1.97. The van der Waals surface area contributed by atoms with E-state index >= 15 is 0 Å². The molecule has 0 spiro atoms. The number of nitrogens with one attached hydrogen (secondary N) is 2. The molecule has 2 N–H and O–H groups in total. The quantitative estimate of drug-likeness (QED) is 0.762. The monoisotopic (exact) mass is 319 g/mol. The van der Waals surface area contributed by atoms with Gasteiger partial charge in [0.15, 0.2) is 0 Å². The van der Waals surface area contributed by atoms with E-state index in [9.17, 15) is 14.4 Å². The lowest BCUT2D eigenvalue weighted by atomic mass is 10.1. The molecule has 0 bridgehead atoms. The number of methoxy groups -OCH3 is 1. The maximum Gasteiger partial charge on any atom is 0.307 e. The van der Waals surface area contributed by atoms with Crippen LogP contribution in [0.25, 0.3) is 0 Å². The van der Waals surface area contributed by atoms with Crippen LogP contribution in [0.15, 0.2) is 24.3 Å². The highest BCUT2D eigenvalue weighted by Crippen LogP contribution is 2.12. The Kier molecular flexibility index (Phi) is 5.70. The molecule has 1 aromatic carbocycles. The van der Waals surface area contributed by atoms with Crippen LogP contribution >= 0.6 is 0 Å². The van der Waals surface area contributed by atoms with Crippen LogP contribution in [0.4, 0.5) is 5.69 Å². The van der Waals surface area contributed by atoms with Crippen molar-refractivity contribution in [3.63, 3.8) is 0 Å². The fraction of sp³-hybridized carbons (Fsp3) is 0.438. The molecule has 0 saturated carbocycles. The molecule has 0 unspecified atom stereocenters. The second-order valence-electron chi connectivity index (χ2n) is 5.47. The van der Waals surface area contributed by atoms with Gasteiger partial charge in [0, 0.05) is 18.8 Å². The van der Waals surface area contributed by atoms with Gasteiger partial charge in [-0.25, -0.2) is 0 Å². The van der Waals surface area contributed by atoms with Gasteiger partial charge in [0.1, 0.15) is 6.04 Å². The number of piperazine rings is 1. The number of aryl methyl sites for hydroxylation is 1. The molecule has 1 saturated heterocycles. The summed E-state index contributed by atoms with van der Waals surface area (Å²) in [7, 11) is 1.28. The number of amides is 2. The average molecular weight is 319 g/mol. The zero-order chi connectivity index (χ0) is 16.8. The lowest BCUT2D eigenvalue weighted by Crippen LogP contribution is -2.57. The molecule has 2 rings (SSSR count). The van der Waals surface area contributed by atoms with Gasteiger partial charge in [0.25, 0.3) is 0 Å². The first-order valence-electron chi connectivity index (χ1n) is 7.44. The number of esters is 1. The van der Waals surface area contributed by atoms with E-state index in [2.05, 4.69) is 15.4 Å². The SMILES string of the molecule is COC(=O)C[C@H]1C(=O)NCCN1CC(=O)Nc1ccc(C)cc1. The number of carbonyl (C=O) groups excluding carboxylic acids is 3. The summed E-state index contributed by atoms with van der Waals surface area (Å²) in [5.41, 5.74) is 1.81. The Labute approximate surface area is 135 Å². The van der Waals surface area contributed by atoms with E-state index < -0.39 is 12.0 Å². The van der Waals surface area contributed by atoms with E-state index in [-0.39, 0.29) is 24.8 Å². The highest BCUT2D eigenvalue weighted by Gasteiger charge is 2.32. The first kappa shape index (κ1) is 17.0. The number of anilines is 1. The molecule has 1 aromatic rings. The zero-order valence-electron chi connectivity index (χ0n) is 13.3. The molecule has 23 heavy (non-hydrogen) atoms. The number of rotatable bonds is 5. The van der Waals surface area contributed by atoms with Crippen molar-refractivity contribution in [2.24, 2.45) is 0 Å². The smallest absolute Gasteiger partial charge is 0.307 e. The van der Waals surface area contributed by atoms with Crippen LogP contribution in [0, 0.1) is 6.92 Å². The predicted octanol–water partition coefficient (Wildman–Crippen LogP) is 0.297. The molecule has 7 heteroatoms. The Morgan fingerprint density at radius 2 is 2.04 bits per heavy atom. The van der Waals surface area contributed by atoms with E-state index in [4.69, 9.17) is 0 Å². The molecule has 0 aliphatic carbocycles. The van der Waals surface area contributed by atoms with Crippen molar-refractivity contribution in [2.45, 2.75) is 19.4 Å². The van der Waals surface area contributed by atoms with E-state index in [1.54, 1.807) is 4.90 Å². The molecular formula is C16H21N3O4. The van der Waals surface area contributed by atoms with Crippen molar-refractivity contribution in [3.8, 4) is 0 Å². The Morgan fingerprint density at radius 3 is 2.70 bits per heavy atom. The van der Waals surface area contributed by atoms with Crippen LogP contribution in [0.5, 0.6) is 0 Å². The summed E-state index contributed by atoms with van der Waals surface area (Å²) in [6.45, 7) is 2.97. The molecular weight excluding hydrogens is 298 g/mol. The predicted molar refractivity (Wildman–Crippen MR) is 84.8 cm³/mol. The topological polar surface area (TPSA) is 87.7 Å². The van der Waals surface area contributed by atoms with Crippen molar-refractivity contribution >= 4 is 23.5 Å². The molecule has 1 aliphatic heterocycles. The van der Waals surface area contributed by atoms with Gasteiger partial charge < -0.3 is 15.4 Å². The van der Waals surface area contributed by atoms with Gasteiger partial charge in [-0.3, -0.25) is 19.3 Å². The summed E-state index contributed by atoms with van der Waals surface area (Å²) in [4.78, 5) is 37.3. The summed E-state index contributed by atoms with van der Waals surface area (Å²) < 4.78 is 4.62. The van der Waals surface area contributed by atoms with Crippen molar-refractivity contribution in [1.82, 2.24) is 10.2 Å². The molecule has 7 nitrogen and oxygen atoms in total. The fourth-order valence-electron chi connectivity index (χ4n) is 2.44. The van der Waals surface area contributed by atoms with Crippen molar-refractivity contribution in [3.05, 3.63) is 29.8 Å². The van der Waals surface area contributed by atoms with Gasteiger partial charge >= 0.3 is 5.97 Å². The van der Waals surface area contributed by atoms with Gasteiger partial charge in [-0.2, -0.15) is 0 Å². The molecule has 1 atom stereocenters. The molecule has 2 amide bonds. The van der Waals surface area contributed by atoms with Gasteiger partial charge in [-0.1, -0.05) is 17.7 Å². The minimum Gasteiger partial charge on any atom is -0.469 e. The lowest BCUT2D eigenvalue weighted by molar-refractivity contribution is -0.146. The number of nitrogens with zero attached hydrogens (tertiary/aromatic N) is 1. The summed E-state index contributed by atoms with van der Waals surface area (Å²) in [5.74, 6) is -0.959. The normalized spacial score (nSPS) is 18.2. The van der Waals surface area contributed by atoms with Crippen LogP contribution < -0.4 is 10.6 Å². The molecule has 1 fully saturated rings. The average Bonchev–Trinajstić information content (AvgIpc) is 2.52. The van der Waals surface area contributed by atoms with E-state index in [0.717, 1.165) is 5.56 Å². The largest absolute Gasteiger partial charge is 0.469 e. The Hall–Kier alpha value is -2.41. The second-order valence-corrected chi connectivity index (χ2v) is 5.47. The summed E-state index contributed by atoms with van der Waals surface area (Å²) in [6.07, 6.45) is -0.0693. The van der Waals surface area contributed by atoms with Crippen LogP contribution in [0.1, 0.15) is 12.0 Å². The third-order valence-corrected chi connectivity index (χ3v) is 3.71. The number of benzene rings is 1. The second kappa shape index (κ2) is 7.73. The standard InChI is InChI=1S/C16H21N3O4/c1-11-3-5-12(6-4-11)18-14(20)10-19-8-7-17-16(22)13(19)9-15(21)23-2/h3-6,13H,7-10H2,1-2H3,(H,17,22)(H,18,20)/t13-/m0/s1. The third-order valence-electron chi connectivity index (χ3n) is 3.71. The highest BCUT2D eigenvalue weighted by molar-refractivity contribution is 5.93. The first-order chi connectivity index (χ1) is 11.0. The Bertz CT molecular complexity index is 585. The molecule has 0 aromatic heterocycles. The number of hydrogen-bond donors (Lipinski definition) is 2. The van der Waals surface area contributed by atoms with E-state index in [0.29, 0.717) is 18.8 Å². The molecule has 1 aliphatic rings. The van der Waals surface area contributed by atoms with E-state index in [1.807, 2.05) is 31.2 Å². The number of carbonyl (C=O) groups is 3. The first-order valence-corrected chi connectivity index (χ1v) is 7.44. The van der Waals surface area contributed by atoms with Gasteiger partial charge in [-0.15, -0.1) is 0 Å². The zero-order valence-corrected chi connectivity index (χ0v) is 13.3. The van der Waals surface area contributed by atoms with Crippen molar-refractivity contribution < 1.29 is 19.1 Å². The molecule has 0 radical (unpaired) electrons. The third kappa shape index (κ3) is 4.79.